The summed E-state index contributed by atoms with van der Waals surface area (Å²) in [6.45, 7) is 8.39. The second-order valence-corrected chi connectivity index (χ2v) is 5.37. The number of amides is 1. The van der Waals surface area contributed by atoms with Gasteiger partial charge in [-0.3, -0.25) is 4.79 Å². The van der Waals surface area contributed by atoms with Crippen molar-refractivity contribution >= 4 is 5.91 Å². The van der Waals surface area contributed by atoms with Gasteiger partial charge in [0.15, 0.2) is 0 Å². The molecule has 0 aromatic carbocycles. The van der Waals surface area contributed by atoms with Gasteiger partial charge < -0.3 is 10.2 Å². The van der Waals surface area contributed by atoms with Crippen LogP contribution in [0.3, 0.4) is 0 Å². The number of rotatable bonds is 4. The maximum Gasteiger partial charge on any atom is 0.222 e. The van der Waals surface area contributed by atoms with Crippen molar-refractivity contribution in [2.45, 2.75) is 46.1 Å². The van der Waals surface area contributed by atoms with Gasteiger partial charge in [-0.15, -0.1) is 0 Å². The quantitative estimate of drug-likeness (QED) is 0.794. The van der Waals surface area contributed by atoms with Crippen molar-refractivity contribution in [2.75, 3.05) is 20.1 Å². The van der Waals surface area contributed by atoms with E-state index in [-0.39, 0.29) is 0 Å². The number of piperidine rings is 1. The van der Waals surface area contributed by atoms with E-state index in [0.29, 0.717) is 30.2 Å². The van der Waals surface area contributed by atoms with Gasteiger partial charge in [-0.25, -0.2) is 0 Å². The normalized spacial score (nSPS) is 20.2. The van der Waals surface area contributed by atoms with Crippen LogP contribution in [-0.4, -0.2) is 37.0 Å². The van der Waals surface area contributed by atoms with Crippen LogP contribution in [0, 0.1) is 11.8 Å². The fraction of sp³-hybridized carbons (Fsp3) is 0.923. The van der Waals surface area contributed by atoms with Gasteiger partial charge in [0.2, 0.25) is 5.91 Å². The van der Waals surface area contributed by atoms with Crippen LogP contribution in [0.1, 0.15) is 40.0 Å². The highest BCUT2D eigenvalue weighted by Gasteiger charge is 2.23. The van der Waals surface area contributed by atoms with Crippen molar-refractivity contribution in [1.82, 2.24) is 10.2 Å². The van der Waals surface area contributed by atoms with E-state index in [2.05, 4.69) is 26.1 Å². The minimum Gasteiger partial charge on any atom is -0.343 e. The van der Waals surface area contributed by atoms with Crippen molar-refractivity contribution < 1.29 is 4.79 Å². The molecule has 1 heterocycles. The number of hydrogen-bond donors (Lipinski definition) is 1. The zero-order valence-electron chi connectivity index (χ0n) is 11.1. The number of nitrogens with one attached hydrogen (secondary N) is 1. The first-order chi connectivity index (χ1) is 7.54. The van der Waals surface area contributed by atoms with E-state index in [1.807, 2.05) is 11.9 Å². The molecule has 0 aliphatic carbocycles. The highest BCUT2D eigenvalue weighted by atomic mass is 16.2. The maximum absolute atomic E-state index is 12.0. The third kappa shape index (κ3) is 3.78. The first-order valence-electron chi connectivity index (χ1n) is 6.49. The molecule has 1 aliphatic rings. The molecule has 1 N–H and O–H groups in total. The molecular weight excluding hydrogens is 200 g/mol. The molecule has 0 aromatic rings. The average Bonchev–Trinajstić information content (AvgIpc) is 2.28. The van der Waals surface area contributed by atoms with Gasteiger partial charge in [-0.2, -0.15) is 0 Å². The molecular formula is C13H26N2O. The van der Waals surface area contributed by atoms with E-state index in [9.17, 15) is 4.79 Å². The zero-order valence-corrected chi connectivity index (χ0v) is 11.1. The Morgan fingerprint density at radius 3 is 2.31 bits per heavy atom. The summed E-state index contributed by atoms with van der Waals surface area (Å²) in [4.78, 5) is 14.0. The molecule has 1 fully saturated rings. The Hall–Kier alpha value is -0.570. The highest BCUT2D eigenvalue weighted by molar-refractivity contribution is 5.76. The smallest absolute Gasteiger partial charge is 0.222 e. The molecule has 16 heavy (non-hydrogen) atoms. The second-order valence-electron chi connectivity index (χ2n) is 5.37. The van der Waals surface area contributed by atoms with Crippen LogP contribution >= 0.6 is 0 Å². The van der Waals surface area contributed by atoms with E-state index in [4.69, 9.17) is 0 Å². The lowest BCUT2D eigenvalue weighted by Crippen LogP contribution is -2.44. The van der Waals surface area contributed by atoms with Gasteiger partial charge in [0.1, 0.15) is 0 Å². The fourth-order valence-electron chi connectivity index (χ4n) is 2.06. The monoisotopic (exact) mass is 226 g/mol. The van der Waals surface area contributed by atoms with Crippen LogP contribution in [0.4, 0.5) is 0 Å². The van der Waals surface area contributed by atoms with Gasteiger partial charge >= 0.3 is 0 Å². The lowest BCUT2D eigenvalue weighted by atomic mass is 9.93. The maximum atomic E-state index is 12.0. The molecule has 1 unspecified atom stereocenters. The molecule has 1 saturated heterocycles. The summed E-state index contributed by atoms with van der Waals surface area (Å²) in [5.41, 5.74) is 0. The molecule has 1 aliphatic heterocycles. The summed E-state index contributed by atoms with van der Waals surface area (Å²) in [5, 5.41) is 3.28. The van der Waals surface area contributed by atoms with Gasteiger partial charge in [-0.1, -0.05) is 20.8 Å². The van der Waals surface area contributed by atoms with Crippen LogP contribution in [0.15, 0.2) is 0 Å². The second kappa shape index (κ2) is 6.24. The van der Waals surface area contributed by atoms with E-state index in [1.54, 1.807) is 0 Å². The predicted molar refractivity (Wildman–Crippen MR) is 67.3 cm³/mol. The number of likely N-dealkylation sites (tertiary alicyclic amines) is 1. The molecule has 0 radical (unpaired) electrons. The third-order valence-electron chi connectivity index (χ3n) is 3.89. The highest BCUT2D eigenvalue weighted by Crippen LogP contribution is 2.17. The Morgan fingerprint density at radius 1 is 1.31 bits per heavy atom. The number of carbonyl (C=O) groups excluding carboxylic acids is 1. The van der Waals surface area contributed by atoms with Crippen LogP contribution < -0.4 is 5.32 Å². The molecule has 0 aromatic heterocycles. The Labute approximate surface area is 99.6 Å². The van der Waals surface area contributed by atoms with Crippen molar-refractivity contribution in [3.8, 4) is 0 Å². The van der Waals surface area contributed by atoms with Crippen molar-refractivity contribution in [3.63, 3.8) is 0 Å². The van der Waals surface area contributed by atoms with E-state index in [0.717, 1.165) is 25.9 Å². The molecule has 3 nitrogen and oxygen atoms in total. The van der Waals surface area contributed by atoms with Crippen molar-refractivity contribution in [1.29, 1.82) is 0 Å². The summed E-state index contributed by atoms with van der Waals surface area (Å²) in [6, 6.07) is 0.603. The molecule has 1 atom stereocenters. The lowest BCUT2D eigenvalue weighted by Gasteiger charge is -2.32. The summed E-state index contributed by atoms with van der Waals surface area (Å²) in [5.74, 6) is 1.43. The minimum atomic E-state index is 0.343. The average molecular weight is 226 g/mol. The Balaban J connectivity index is 2.33. The summed E-state index contributed by atoms with van der Waals surface area (Å²) < 4.78 is 0. The Bertz CT molecular complexity index is 220. The SMILES string of the molecule is CNC1CCN(C(=O)CC(C)C(C)C)CC1. The fourth-order valence-corrected chi connectivity index (χ4v) is 2.06. The molecule has 3 heteroatoms. The largest absolute Gasteiger partial charge is 0.343 e. The number of nitrogens with zero attached hydrogens (tertiary/aromatic N) is 1. The molecule has 0 spiro atoms. The Morgan fingerprint density at radius 2 is 1.88 bits per heavy atom. The summed E-state index contributed by atoms with van der Waals surface area (Å²) in [7, 11) is 2.00. The van der Waals surface area contributed by atoms with Gasteiger partial charge in [0.25, 0.3) is 0 Å². The van der Waals surface area contributed by atoms with E-state index < -0.39 is 0 Å². The van der Waals surface area contributed by atoms with E-state index >= 15 is 0 Å². The molecule has 0 bridgehead atoms. The zero-order chi connectivity index (χ0) is 12.1. The topological polar surface area (TPSA) is 32.3 Å². The number of carbonyl (C=O) groups is 1. The first-order valence-corrected chi connectivity index (χ1v) is 6.49. The molecule has 0 saturated carbocycles. The van der Waals surface area contributed by atoms with Crippen LogP contribution in [0.25, 0.3) is 0 Å². The van der Waals surface area contributed by atoms with Crippen LogP contribution in [-0.2, 0) is 4.79 Å². The Kier molecular flexibility index (Phi) is 5.26. The standard InChI is InChI=1S/C13H26N2O/c1-10(2)11(3)9-13(16)15-7-5-12(14-4)6-8-15/h10-12,14H,5-9H2,1-4H3. The van der Waals surface area contributed by atoms with Crippen molar-refractivity contribution in [2.24, 2.45) is 11.8 Å². The van der Waals surface area contributed by atoms with Gasteiger partial charge in [-0.05, 0) is 31.7 Å². The third-order valence-corrected chi connectivity index (χ3v) is 3.89. The molecule has 1 amide bonds. The van der Waals surface area contributed by atoms with Gasteiger partial charge in [0, 0.05) is 25.6 Å². The summed E-state index contributed by atoms with van der Waals surface area (Å²) >= 11 is 0. The van der Waals surface area contributed by atoms with Crippen LogP contribution in [0.2, 0.25) is 0 Å². The molecule has 94 valence electrons. The van der Waals surface area contributed by atoms with Gasteiger partial charge in [0.05, 0.1) is 0 Å². The number of hydrogen-bond acceptors (Lipinski definition) is 2. The minimum absolute atomic E-state index is 0.343. The first kappa shape index (κ1) is 13.5. The summed E-state index contributed by atoms with van der Waals surface area (Å²) in [6.07, 6.45) is 2.90. The van der Waals surface area contributed by atoms with E-state index in [1.165, 1.54) is 0 Å². The molecule has 1 rings (SSSR count). The lowest BCUT2D eigenvalue weighted by molar-refractivity contribution is -0.133. The van der Waals surface area contributed by atoms with Crippen LogP contribution in [0.5, 0.6) is 0 Å². The predicted octanol–water partition coefficient (Wildman–Crippen LogP) is 1.88. The van der Waals surface area contributed by atoms with Crippen molar-refractivity contribution in [3.05, 3.63) is 0 Å².